The second-order valence-electron chi connectivity index (χ2n) is 6.85. The summed E-state index contributed by atoms with van der Waals surface area (Å²) in [5.41, 5.74) is 1.61. The number of carbonyl (C=O) groups is 2. The van der Waals surface area contributed by atoms with Gasteiger partial charge in [0.05, 0.1) is 4.90 Å². The maximum absolute atomic E-state index is 13.2. The van der Waals surface area contributed by atoms with Crippen LogP contribution in [0, 0.1) is 6.92 Å². The molecule has 0 aliphatic carbocycles. The van der Waals surface area contributed by atoms with E-state index in [0.29, 0.717) is 15.5 Å². The third-order valence-corrected chi connectivity index (χ3v) is 8.24. The van der Waals surface area contributed by atoms with E-state index in [1.54, 1.807) is 66.0 Å². The van der Waals surface area contributed by atoms with Crippen LogP contribution >= 0.6 is 22.9 Å². The molecule has 0 bridgehead atoms. The zero-order valence-electron chi connectivity index (χ0n) is 16.7. The molecule has 9 heteroatoms. The molecule has 0 spiro atoms. The number of amides is 2. The fourth-order valence-electron chi connectivity index (χ4n) is 2.89. The van der Waals surface area contributed by atoms with Gasteiger partial charge in [-0.25, -0.2) is 8.42 Å². The molecule has 3 aromatic rings. The molecule has 1 atom stereocenters. The molecule has 162 valence electrons. The Bertz CT molecular complexity index is 1160. The van der Waals surface area contributed by atoms with Gasteiger partial charge in [0.25, 0.3) is 0 Å². The fourth-order valence-corrected chi connectivity index (χ4v) is 5.88. The second-order valence-corrected chi connectivity index (χ2v) is 10.4. The number of hydrogen-bond donors (Lipinski definition) is 2. The first-order valence-corrected chi connectivity index (χ1v) is 12.2. The van der Waals surface area contributed by atoms with Crippen LogP contribution in [-0.4, -0.2) is 26.8 Å². The Kier molecular flexibility index (Phi) is 7.48. The Balaban J connectivity index is 1.69. The summed E-state index contributed by atoms with van der Waals surface area (Å²) >= 11 is 7.33. The zero-order chi connectivity index (χ0) is 22.4. The van der Waals surface area contributed by atoms with E-state index in [0.717, 1.165) is 5.56 Å². The molecule has 1 aromatic heterocycles. The average molecular weight is 477 g/mol. The van der Waals surface area contributed by atoms with Gasteiger partial charge in [0.1, 0.15) is 5.25 Å². The van der Waals surface area contributed by atoms with Crippen molar-refractivity contribution in [2.75, 3.05) is 6.54 Å². The molecule has 0 saturated heterocycles. The number of carbonyl (C=O) groups excluding carboxylic acids is 2. The Labute approximate surface area is 190 Å². The third kappa shape index (κ3) is 5.72. The van der Waals surface area contributed by atoms with Crippen molar-refractivity contribution >= 4 is 44.6 Å². The molecule has 1 heterocycles. The van der Waals surface area contributed by atoms with Crippen molar-refractivity contribution in [2.45, 2.75) is 23.6 Å². The molecular weight excluding hydrogens is 456 g/mol. The molecule has 2 N–H and O–H groups in total. The molecule has 0 aliphatic heterocycles. The lowest BCUT2D eigenvalue weighted by molar-refractivity contribution is -0.139. The first kappa shape index (κ1) is 23.0. The van der Waals surface area contributed by atoms with Crippen molar-refractivity contribution < 1.29 is 18.0 Å². The molecule has 2 amide bonds. The molecule has 6 nitrogen and oxygen atoms in total. The molecule has 0 radical (unpaired) electrons. The Morgan fingerprint density at radius 2 is 1.65 bits per heavy atom. The highest BCUT2D eigenvalue weighted by Crippen LogP contribution is 2.31. The normalized spacial score (nSPS) is 12.2. The predicted octanol–water partition coefficient (Wildman–Crippen LogP) is 3.66. The maximum atomic E-state index is 13.2. The summed E-state index contributed by atoms with van der Waals surface area (Å²) in [7, 11) is -3.78. The van der Waals surface area contributed by atoms with Crippen molar-refractivity contribution in [1.82, 2.24) is 10.6 Å². The van der Waals surface area contributed by atoms with Gasteiger partial charge in [0.2, 0.25) is 0 Å². The van der Waals surface area contributed by atoms with Gasteiger partial charge in [-0.05, 0) is 42.1 Å². The summed E-state index contributed by atoms with van der Waals surface area (Å²) < 4.78 is 26.4. The molecule has 0 aliphatic rings. The smallest absolute Gasteiger partial charge is 0.309 e. The van der Waals surface area contributed by atoms with Gasteiger partial charge in [0, 0.05) is 23.0 Å². The van der Waals surface area contributed by atoms with Gasteiger partial charge >= 0.3 is 11.8 Å². The van der Waals surface area contributed by atoms with Crippen LogP contribution in [-0.2, 0) is 26.0 Å². The topological polar surface area (TPSA) is 92.3 Å². The maximum Gasteiger partial charge on any atom is 0.309 e. The van der Waals surface area contributed by atoms with Gasteiger partial charge < -0.3 is 10.6 Å². The molecule has 0 unspecified atom stereocenters. The monoisotopic (exact) mass is 476 g/mol. The predicted molar refractivity (Wildman–Crippen MR) is 122 cm³/mol. The van der Waals surface area contributed by atoms with E-state index < -0.39 is 26.9 Å². The van der Waals surface area contributed by atoms with Gasteiger partial charge in [-0.15, -0.1) is 11.3 Å². The van der Waals surface area contributed by atoms with Crippen LogP contribution in [0.3, 0.4) is 0 Å². The van der Waals surface area contributed by atoms with Crippen LogP contribution < -0.4 is 10.6 Å². The number of thiophene rings is 1. The van der Waals surface area contributed by atoms with Crippen molar-refractivity contribution in [2.24, 2.45) is 0 Å². The number of nitrogens with one attached hydrogen (secondary N) is 2. The minimum atomic E-state index is -3.78. The number of rotatable bonds is 7. The largest absolute Gasteiger partial charge is 0.346 e. The number of aryl methyl sites for hydroxylation is 1. The van der Waals surface area contributed by atoms with Gasteiger partial charge in [-0.3, -0.25) is 9.59 Å². The van der Waals surface area contributed by atoms with E-state index in [9.17, 15) is 18.0 Å². The second kappa shape index (κ2) is 10.1. The quantitative estimate of drug-likeness (QED) is 0.509. The van der Waals surface area contributed by atoms with Crippen molar-refractivity contribution in [3.63, 3.8) is 0 Å². The summed E-state index contributed by atoms with van der Waals surface area (Å²) in [6.45, 7) is 1.73. The van der Waals surface area contributed by atoms with Crippen LogP contribution in [0.25, 0.3) is 0 Å². The highest BCUT2D eigenvalue weighted by molar-refractivity contribution is 7.91. The summed E-state index contributed by atoms with van der Waals surface area (Å²) in [5.74, 6) is -1.77. The van der Waals surface area contributed by atoms with Gasteiger partial charge in [-0.2, -0.15) is 0 Å². The Morgan fingerprint density at radius 1 is 0.968 bits per heavy atom. The highest BCUT2D eigenvalue weighted by atomic mass is 35.5. The van der Waals surface area contributed by atoms with E-state index >= 15 is 0 Å². The standard InChI is InChI=1S/C22H21ClN2O4S2/c1-15-8-10-17(11-9-15)31(28,29)20(19-7-4-12-30-19)14-25-22(27)21(26)24-13-16-5-2-3-6-18(16)23/h2-12,20H,13-14H2,1H3,(H,24,26)(H,25,27)/t20-/m0/s1. The molecule has 0 fully saturated rings. The first-order chi connectivity index (χ1) is 14.8. The minimum absolute atomic E-state index is 0.0853. The van der Waals surface area contributed by atoms with Crippen LogP contribution in [0.15, 0.2) is 70.9 Å². The fraction of sp³-hybridized carbons (Fsp3) is 0.182. The van der Waals surface area contributed by atoms with Crippen LogP contribution in [0.2, 0.25) is 5.02 Å². The lowest BCUT2D eigenvalue weighted by Gasteiger charge is -2.17. The third-order valence-electron chi connectivity index (χ3n) is 4.64. The van der Waals surface area contributed by atoms with Crippen LogP contribution in [0.4, 0.5) is 0 Å². The summed E-state index contributed by atoms with van der Waals surface area (Å²) in [6, 6.07) is 16.9. The van der Waals surface area contributed by atoms with E-state index in [1.807, 2.05) is 6.92 Å². The average Bonchev–Trinajstić information content (AvgIpc) is 3.27. The van der Waals surface area contributed by atoms with E-state index in [-0.39, 0.29) is 18.0 Å². The van der Waals surface area contributed by atoms with Gasteiger partial charge in [0.15, 0.2) is 9.84 Å². The molecule has 3 rings (SSSR count). The summed E-state index contributed by atoms with van der Waals surface area (Å²) in [6.07, 6.45) is 0. The summed E-state index contributed by atoms with van der Waals surface area (Å²) in [5, 5.41) is 6.19. The van der Waals surface area contributed by atoms with Crippen LogP contribution in [0.1, 0.15) is 21.3 Å². The Morgan fingerprint density at radius 3 is 2.29 bits per heavy atom. The number of hydrogen-bond acceptors (Lipinski definition) is 5. The van der Waals surface area contributed by atoms with Crippen molar-refractivity contribution in [3.8, 4) is 0 Å². The number of sulfone groups is 1. The minimum Gasteiger partial charge on any atom is -0.346 e. The highest BCUT2D eigenvalue weighted by Gasteiger charge is 2.31. The zero-order valence-corrected chi connectivity index (χ0v) is 19.1. The van der Waals surface area contributed by atoms with Gasteiger partial charge in [-0.1, -0.05) is 53.6 Å². The molecule has 2 aromatic carbocycles. The van der Waals surface area contributed by atoms with Crippen molar-refractivity contribution in [1.29, 1.82) is 0 Å². The lowest BCUT2D eigenvalue weighted by Crippen LogP contribution is -2.42. The van der Waals surface area contributed by atoms with E-state index in [4.69, 9.17) is 11.6 Å². The molecule has 0 saturated carbocycles. The van der Waals surface area contributed by atoms with Crippen LogP contribution in [0.5, 0.6) is 0 Å². The van der Waals surface area contributed by atoms with E-state index in [1.165, 1.54) is 11.3 Å². The first-order valence-electron chi connectivity index (χ1n) is 9.42. The SMILES string of the molecule is Cc1ccc(S(=O)(=O)[C@@H](CNC(=O)C(=O)NCc2ccccc2Cl)c2cccs2)cc1. The van der Waals surface area contributed by atoms with E-state index in [2.05, 4.69) is 10.6 Å². The molecular formula is C22H21ClN2O4S2. The number of halogens is 1. The lowest BCUT2D eigenvalue weighted by atomic mass is 10.2. The van der Waals surface area contributed by atoms with Crippen molar-refractivity contribution in [3.05, 3.63) is 87.1 Å². The Hall–Kier alpha value is -2.68. The summed E-state index contributed by atoms with van der Waals surface area (Å²) in [4.78, 5) is 25.2. The molecule has 31 heavy (non-hydrogen) atoms. The number of benzene rings is 2.